The number of hydrogen-bond acceptors (Lipinski definition) is 2. The van der Waals surface area contributed by atoms with Gasteiger partial charge in [-0.1, -0.05) is 81.4 Å². The van der Waals surface area contributed by atoms with E-state index in [1.54, 1.807) is 0 Å². The van der Waals surface area contributed by atoms with E-state index in [4.69, 9.17) is 9.73 Å². The highest BCUT2D eigenvalue weighted by Gasteiger charge is 2.14. The summed E-state index contributed by atoms with van der Waals surface area (Å²) < 4.78 is 6.00. The summed E-state index contributed by atoms with van der Waals surface area (Å²) in [5.74, 6) is 0.917. The number of benzene rings is 3. The zero-order valence-electron chi connectivity index (χ0n) is 18.1. The van der Waals surface area contributed by atoms with Crippen LogP contribution in [-0.2, 0) is 18.4 Å². The lowest BCUT2D eigenvalue weighted by molar-refractivity contribution is 0.306. The fourth-order valence-corrected chi connectivity index (χ4v) is 3.65. The van der Waals surface area contributed by atoms with Crippen molar-refractivity contribution in [2.45, 2.75) is 39.2 Å². The van der Waals surface area contributed by atoms with Gasteiger partial charge in [0.2, 0.25) is 0 Å². The summed E-state index contributed by atoms with van der Waals surface area (Å²) in [6, 6.07) is 25.4. The second-order valence-corrected chi connectivity index (χ2v) is 8.82. The molecule has 3 aromatic rings. The van der Waals surface area contributed by atoms with Crippen molar-refractivity contribution in [3.63, 3.8) is 0 Å². The Morgan fingerprint density at radius 3 is 2.40 bits per heavy atom. The topological polar surface area (TPSA) is 21.6 Å². The van der Waals surface area contributed by atoms with Crippen molar-refractivity contribution in [3.05, 3.63) is 107 Å². The summed E-state index contributed by atoms with van der Waals surface area (Å²) in [5, 5.41) is 0. The summed E-state index contributed by atoms with van der Waals surface area (Å²) in [6.07, 6.45) is 5.24. The van der Waals surface area contributed by atoms with Crippen LogP contribution in [-0.4, -0.2) is 12.3 Å². The fraction of sp³-hybridized carbons (Fsp3) is 0.250. The largest absolute Gasteiger partial charge is 0.489 e. The maximum Gasteiger partial charge on any atom is 0.120 e. The quantitative estimate of drug-likeness (QED) is 0.475. The Morgan fingerprint density at radius 2 is 1.67 bits per heavy atom. The Kier molecular flexibility index (Phi) is 5.85. The monoisotopic (exact) mass is 395 g/mol. The fourth-order valence-electron chi connectivity index (χ4n) is 3.65. The highest BCUT2D eigenvalue weighted by atomic mass is 16.5. The van der Waals surface area contributed by atoms with E-state index in [1.807, 2.05) is 18.2 Å². The maximum atomic E-state index is 6.00. The molecule has 152 valence electrons. The minimum Gasteiger partial charge on any atom is -0.489 e. The molecule has 4 rings (SSSR count). The Balaban J connectivity index is 1.46. The minimum absolute atomic E-state index is 0.176. The van der Waals surface area contributed by atoms with Gasteiger partial charge in [-0.3, -0.25) is 4.99 Å². The molecule has 2 heteroatoms. The minimum atomic E-state index is 0.176. The summed E-state index contributed by atoms with van der Waals surface area (Å²) in [4.78, 5) is 4.75. The third kappa shape index (κ3) is 4.88. The molecule has 30 heavy (non-hydrogen) atoms. The van der Waals surface area contributed by atoms with Gasteiger partial charge in [0.05, 0.1) is 5.71 Å². The van der Waals surface area contributed by atoms with Gasteiger partial charge in [-0.15, -0.1) is 0 Å². The van der Waals surface area contributed by atoms with E-state index in [-0.39, 0.29) is 5.41 Å². The van der Waals surface area contributed by atoms with Gasteiger partial charge in [-0.05, 0) is 58.4 Å². The van der Waals surface area contributed by atoms with Crippen LogP contribution in [0.2, 0.25) is 0 Å². The molecule has 0 saturated heterocycles. The van der Waals surface area contributed by atoms with Crippen LogP contribution in [0.25, 0.3) is 6.08 Å². The molecule has 0 bridgehead atoms. The maximum absolute atomic E-state index is 6.00. The van der Waals surface area contributed by atoms with E-state index in [9.17, 15) is 0 Å². The first-order valence-corrected chi connectivity index (χ1v) is 10.6. The van der Waals surface area contributed by atoms with E-state index in [0.717, 1.165) is 24.4 Å². The molecule has 1 aliphatic heterocycles. The number of ether oxygens (including phenoxy) is 1. The third-order valence-corrected chi connectivity index (χ3v) is 5.47. The molecule has 2 nitrogen and oxygen atoms in total. The van der Waals surface area contributed by atoms with Crippen LogP contribution in [0.15, 0.2) is 83.9 Å². The van der Waals surface area contributed by atoms with Gasteiger partial charge in [-0.2, -0.15) is 0 Å². The number of fused-ring (bicyclic) bond motifs is 1. The Hall–Kier alpha value is -3.13. The second kappa shape index (κ2) is 8.71. The van der Waals surface area contributed by atoms with Crippen molar-refractivity contribution in [1.29, 1.82) is 0 Å². The second-order valence-electron chi connectivity index (χ2n) is 8.82. The average molecular weight is 396 g/mol. The van der Waals surface area contributed by atoms with E-state index in [1.165, 1.54) is 27.8 Å². The molecular weight excluding hydrogens is 366 g/mol. The SMILES string of the molecule is CC(C)(C)c1ccc(/C=C/C2=NCCc3cc(OCc4ccccc4)ccc32)cc1. The summed E-state index contributed by atoms with van der Waals surface area (Å²) in [5.41, 5.74) is 7.45. The van der Waals surface area contributed by atoms with Crippen molar-refractivity contribution in [3.8, 4) is 5.75 Å². The molecule has 0 aromatic heterocycles. The predicted octanol–water partition coefficient (Wildman–Crippen LogP) is 6.62. The number of nitrogens with zero attached hydrogens (tertiary/aromatic N) is 1. The van der Waals surface area contributed by atoms with Crippen LogP contribution in [0.1, 0.15) is 48.6 Å². The Labute approximate surface area is 180 Å². The third-order valence-electron chi connectivity index (χ3n) is 5.47. The lowest BCUT2D eigenvalue weighted by Crippen LogP contribution is -2.11. The molecule has 0 radical (unpaired) electrons. The van der Waals surface area contributed by atoms with Crippen LogP contribution >= 0.6 is 0 Å². The van der Waals surface area contributed by atoms with Gasteiger partial charge in [0.25, 0.3) is 0 Å². The number of allylic oxidation sites excluding steroid dienone is 1. The average Bonchev–Trinajstić information content (AvgIpc) is 2.76. The molecule has 0 unspecified atom stereocenters. The Bertz CT molecular complexity index is 1050. The predicted molar refractivity (Wildman–Crippen MR) is 127 cm³/mol. The number of rotatable bonds is 5. The zero-order chi connectivity index (χ0) is 21.0. The first-order valence-electron chi connectivity index (χ1n) is 10.6. The van der Waals surface area contributed by atoms with Crippen LogP contribution in [0.3, 0.4) is 0 Å². The van der Waals surface area contributed by atoms with Gasteiger partial charge in [0, 0.05) is 12.1 Å². The van der Waals surface area contributed by atoms with Gasteiger partial charge in [0.1, 0.15) is 12.4 Å². The van der Waals surface area contributed by atoms with E-state index < -0.39 is 0 Å². The van der Waals surface area contributed by atoms with Crippen molar-refractivity contribution < 1.29 is 4.74 Å². The smallest absolute Gasteiger partial charge is 0.120 e. The number of aliphatic imine (C=N–C) groups is 1. The summed E-state index contributed by atoms with van der Waals surface area (Å²) >= 11 is 0. The lowest BCUT2D eigenvalue weighted by Gasteiger charge is -2.19. The van der Waals surface area contributed by atoms with Crippen molar-refractivity contribution in [2.75, 3.05) is 6.54 Å². The molecule has 0 amide bonds. The lowest BCUT2D eigenvalue weighted by atomic mass is 9.86. The summed E-state index contributed by atoms with van der Waals surface area (Å²) in [6.45, 7) is 8.12. The standard InChI is InChI=1S/C28H29NO/c1-28(2,3)24-12-9-21(10-13-24)11-16-27-26-15-14-25(19-23(26)17-18-29-27)30-20-22-7-5-4-6-8-22/h4-16,19H,17-18,20H2,1-3H3/b16-11+. The first-order chi connectivity index (χ1) is 14.5. The number of hydrogen-bond donors (Lipinski definition) is 0. The van der Waals surface area contributed by atoms with Crippen molar-refractivity contribution in [1.82, 2.24) is 0 Å². The van der Waals surface area contributed by atoms with Crippen LogP contribution in [0.4, 0.5) is 0 Å². The van der Waals surface area contributed by atoms with Crippen LogP contribution in [0, 0.1) is 0 Å². The molecule has 0 fully saturated rings. The molecule has 0 aliphatic carbocycles. The summed E-state index contributed by atoms with van der Waals surface area (Å²) in [7, 11) is 0. The molecule has 1 heterocycles. The van der Waals surface area contributed by atoms with E-state index in [2.05, 4.69) is 87.5 Å². The highest BCUT2D eigenvalue weighted by Crippen LogP contribution is 2.25. The van der Waals surface area contributed by atoms with Gasteiger partial charge in [0.15, 0.2) is 0 Å². The zero-order valence-corrected chi connectivity index (χ0v) is 18.1. The molecule has 1 aliphatic rings. The van der Waals surface area contributed by atoms with Gasteiger partial charge >= 0.3 is 0 Å². The molecule has 0 N–H and O–H groups in total. The van der Waals surface area contributed by atoms with Crippen LogP contribution < -0.4 is 4.74 Å². The van der Waals surface area contributed by atoms with E-state index in [0.29, 0.717) is 6.61 Å². The van der Waals surface area contributed by atoms with Crippen LogP contribution in [0.5, 0.6) is 5.75 Å². The van der Waals surface area contributed by atoms with E-state index >= 15 is 0 Å². The molecular formula is C28H29NO. The Morgan fingerprint density at radius 1 is 0.900 bits per heavy atom. The molecule has 0 spiro atoms. The molecule has 3 aromatic carbocycles. The normalized spacial score (nSPS) is 13.8. The molecule has 0 saturated carbocycles. The van der Waals surface area contributed by atoms with Crippen molar-refractivity contribution in [2.24, 2.45) is 4.99 Å². The first kappa shape index (κ1) is 20.2. The highest BCUT2D eigenvalue weighted by molar-refractivity contribution is 6.12. The van der Waals surface area contributed by atoms with Gasteiger partial charge < -0.3 is 4.74 Å². The molecule has 0 atom stereocenters. The van der Waals surface area contributed by atoms with Gasteiger partial charge in [-0.25, -0.2) is 0 Å². The van der Waals surface area contributed by atoms with Crippen molar-refractivity contribution >= 4 is 11.8 Å².